The lowest BCUT2D eigenvalue weighted by Gasteiger charge is -2.28. The third kappa shape index (κ3) is 7.09. The number of fused-ring (bicyclic) bond motifs is 1. The van der Waals surface area contributed by atoms with E-state index in [1.807, 2.05) is 36.4 Å². The molecule has 46 heavy (non-hydrogen) atoms. The lowest BCUT2D eigenvalue weighted by atomic mass is 10.1. The van der Waals surface area contributed by atoms with Crippen molar-refractivity contribution in [2.75, 3.05) is 11.4 Å². The Morgan fingerprint density at radius 1 is 0.717 bits per heavy atom. The second kappa shape index (κ2) is 13.8. The van der Waals surface area contributed by atoms with Gasteiger partial charge in [-0.05, 0) is 64.2 Å². The second-order valence-corrected chi connectivity index (χ2v) is 11.6. The molecule has 0 spiro atoms. The van der Waals surface area contributed by atoms with Crippen LogP contribution in [-0.4, -0.2) is 32.9 Å². The number of nitrogens with zero attached hydrogens (tertiary/aromatic N) is 2. The van der Waals surface area contributed by atoms with Crippen LogP contribution in [0.5, 0.6) is 5.75 Å². The molecule has 0 saturated carbocycles. The number of halogens is 6. The molecule has 5 rings (SSSR count). The molecule has 0 bridgehead atoms. The third-order valence-corrected chi connectivity index (χ3v) is 8.26. The molecule has 0 aliphatic carbocycles. The van der Waals surface area contributed by atoms with Gasteiger partial charge in [0.1, 0.15) is 16.2 Å². The van der Waals surface area contributed by atoms with Gasteiger partial charge in [0.15, 0.2) is 23.3 Å². The second-order valence-electron chi connectivity index (χ2n) is 10.1. The first-order valence-corrected chi connectivity index (χ1v) is 14.6. The fraction of sp³-hybridized carbons (Fsp3) is 0.0909. The predicted octanol–water partition coefficient (Wildman–Crippen LogP) is 8.34. The number of phenols is 1. The molecule has 0 aromatic heterocycles. The first kappa shape index (κ1) is 32.7. The number of carbonyl (C=O) groups is 2. The van der Waals surface area contributed by atoms with E-state index in [9.17, 15) is 41.8 Å². The average molecular weight is 673 g/mol. The maximum Gasteiger partial charge on any atom is 0.339 e. The van der Waals surface area contributed by atoms with Crippen LogP contribution in [-0.2, 0) is 17.9 Å². The van der Waals surface area contributed by atoms with E-state index in [2.05, 4.69) is 0 Å². The maximum atomic E-state index is 14.7. The van der Waals surface area contributed by atoms with Gasteiger partial charge in [-0.1, -0.05) is 60.1 Å². The van der Waals surface area contributed by atoms with E-state index >= 15 is 0 Å². The Morgan fingerprint density at radius 2 is 1.33 bits per heavy atom. The number of aromatic hydroxyl groups is 1. The van der Waals surface area contributed by atoms with Gasteiger partial charge in [-0.25, -0.2) is 31.1 Å². The predicted molar refractivity (Wildman–Crippen MR) is 164 cm³/mol. The summed E-state index contributed by atoms with van der Waals surface area (Å²) in [6, 6.07) is 22.6. The zero-order chi connectivity index (χ0) is 33.1. The number of aromatic carboxylic acids is 1. The minimum atomic E-state index is -2.31. The Morgan fingerprint density at radius 3 is 1.96 bits per heavy atom. The number of benzene rings is 5. The van der Waals surface area contributed by atoms with Crippen LogP contribution in [0.25, 0.3) is 10.8 Å². The van der Waals surface area contributed by atoms with E-state index in [4.69, 9.17) is 11.6 Å². The van der Waals surface area contributed by atoms with Gasteiger partial charge in [-0.15, -0.1) is 0 Å². The summed E-state index contributed by atoms with van der Waals surface area (Å²) in [5.41, 5.74) is 0.824. The average Bonchev–Trinajstić information content (AvgIpc) is 3.04. The Kier molecular flexibility index (Phi) is 9.80. The molecule has 5 aromatic rings. The van der Waals surface area contributed by atoms with E-state index in [1.165, 1.54) is 23.1 Å². The number of amides is 1. The Labute approximate surface area is 268 Å². The molecule has 1 amide bonds. The van der Waals surface area contributed by atoms with Crippen molar-refractivity contribution in [3.8, 4) is 5.75 Å². The van der Waals surface area contributed by atoms with Gasteiger partial charge in [-0.3, -0.25) is 4.79 Å². The summed E-state index contributed by atoms with van der Waals surface area (Å²) in [4.78, 5) is 25.5. The van der Waals surface area contributed by atoms with Crippen LogP contribution in [0.15, 0.2) is 89.8 Å². The molecule has 6 nitrogen and oxygen atoms in total. The van der Waals surface area contributed by atoms with Crippen LogP contribution < -0.4 is 4.90 Å². The highest BCUT2D eigenvalue weighted by molar-refractivity contribution is 7.97. The van der Waals surface area contributed by atoms with Crippen LogP contribution in [0.4, 0.5) is 27.6 Å². The fourth-order valence-corrected chi connectivity index (χ4v) is 5.77. The smallest absolute Gasteiger partial charge is 0.339 e. The lowest BCUT2D eigenvalue weighted by Crippen LogP contribution is -2.38. The minimum absolute atomic E-state index is 0.0858. The molecule has 5 aromatic carbocycles. The molecule has 0 unspecified atom stereocenters. The summed E-state index contributed by atoms with van der Waals surface area (Å²) < 4.78 is 72.5. The minimum Gasteiger partial charge on any atom is -0.507 e. The van der Waals surface area contributed by atoms with Crippen molar-refractivity contribution < 1.29 is 41.8 Å². The van der Waals surface area contributed by atoms with Crippen LogP contribution >= 0.6 is 23.5 Å². The highest BCUT2D eigenvalue weighted by Gasteiger charge is 2.29. The Balaban J connectivity index is 1.53. The number of hydrogen-bond donors (Lipinski definition) is 2. The molecule has 236 valence electrons. The molecule has 0 heterocycles. The SMILES string of the molecule is O=C(O)c1ccc(N(Cc2ccc3ccccc3c2)C(=O)CN(Cc2ccc(Cl)cc2)Sc2c(F)c(F)c(F)c(F)c2F)cc1O. The normalized spacial score (nSPS) is 11.3. The van der Waals surface area contributed by atoms with Crippen LogP contribution in [0, 0.1) is 29.1 Å². The molecule has 2 N–H and O–H groups in total. The number of carboxylic acid groups (broad SMARTS) is 1. The van der Waals surface area contributed by atoms with Crippen LogP contribution in [0.3, 0.4) is 0 Å². The van der Waals surface area contributed by atoms with Crippen LogP contribution in [0.1, 0.15) is 21.5 Å². The summed E-state index contributed by atoms with van der Waals surface area (Å²) in [6.07, 6.45) is 0. The van der Waals surface area contributed by atoms with E-state index in [0.717, 1.165) is 27.2 Å². The van der Waals surface area contributed by atoms with Gasteiger partial charge < -0.3 is 15.1 Å². The highest BCUT2D eigenvalue weighted by atomic mass is 35.5. The number of anilines is 1. The molecule has 0 aliphatic rings. The standard InChI is InChI=1S/C33H22ClF5N2O4S/c34-22-9-6-18(7-10-22)15-40(46-32-30(38)28(36)27(35)29(37)31(32)39)17-26(43)41(23-11-12-24(33(44)45)25(42)14-23)16-19-5-8-20-3-1-2-4-21(20)13-19/h1-14,42H,15-17H2,(H,44,45). The molecule has 0 saturated heterocycles. The van der Waals surface area contributed by atoms with Crippen molar-refractivity contribution in [1.29, 1.82) is 0 Å². The largest absolute Gasteiger partial charge is 0.507 e. The molecular weight excluding hydrogens is 651 g/mol. The van der Waals surface area contributed by atoms with Crippen molar-refractivity contribution in [1.82, 2.24) is 4.31 Å². The van der Waals surface area contributed by atoms with E-state index in [1.54, 1.807) is 18.2 Å². The summed E-state index contributed by atoms with van der Waals surface area (Å²) in [6.45, 7) is -0.903. The zero-order valence-corrected chi connectivity index (χ0v) is 25.1. The van der Waals surface area contributed by atoms with Crippen molar-refractivity contribution in [3.05, 3.63) is 136 Å². The van der Waals surface area contributed by atoms with Gasteiger partial charge in [0.2, 0.25) is 11.7 Å². The summed E-state index contributed by atoms with van der Waals surface area (Å²) in [5, 5.41) is 21.9. The number of carbonyl (C=O) groups excluding carboxylic acids is 1. The number of carboxylic acids is 1. The van der Waals surface area contributed by atoms with Crippen molar-refractivity contribution in [3.63, 3.8) is 0 Å². The fourth-order valence-electron chi connectivity index (χ4n) is 4.66. The van der Waals surface area contributed by atoms with Gasteiger partial charge in [0.05, 0.1) is 13.1 Å². The van der Waals surface area contributed by atoms with E-state index in [-0.39, 0.29) is 30.7 Å². The molecule has 0 radical (unpaired) electrons. The van der Waals surface area contributed by atoms with Crippen molar-refractivity contribution >= 4 is 51.9 Å². The topological polar surface area (TPSA) is 81.1 Å². The number of hydrogen-bond acceptors (Lipinski definition) is 5. The van der Waals surface area contributed by atoms with Gasteiger partial charge in [0, 0.05) is 23.3 Å². The first-order chi connectivity index (χ1) is 21.9. The summed E-state index contributed by atoms with van der Waals surface area (Å²) >= 11 is 6.13. The van der Waals surface area contributed by atoms with Crippen LogP contribution in [0.2, 0.25) is 5.02 Å². The summed E-state index contributed by atoms with van der Waals surface area (Å²) in [7, 11) is 0. The highest BCUT2D eigenvalue weighted by Crippen LogP contribution is 2.35. The summed E-state index contributed by atoms with van der Waals surface area (Å²) in [5.74, 6) is -13.4. The van der Waals surface area contributed by atoms with Crippen molar-refractivity contribution in [2.45, 2.75) is 18.0 Å². The quantitative estimate of drug-likeness (QED) is 0.0672. The zero-order valence-electron chi connectivity index (χ0n) is 23.5. The molecule has 0 fully saturated rings. The van der Waals surface area contributed by atoms with Gasteiger partial charge in [-0.2, -0.15) is 0 Å². The molecule has 0 atom stereocenters. The molecule has 0 aliphatic heterocycles. The molecule has 13 heteroatoms. The maximum absolute atomic E-state index is 14.7. The van der Waals surface area contributed by atoms with Gasteiger partial charge in [0.25, 0.3) is 0 Å². The molecular formula is C33H22ClF5N2O4S. The van der Waals surface area contributed by atoms with E-state index in [0.29, 0.717) is 16.1 Å². The van der Waals surface area contributed by atoms with Gasteiger partial charge >= 0.3 is 5.97 Å². The van der Waals surface area contributed by atoms with Crippen molar-refractivity contribution in [2.24, 2.45) is 0 Å². The first-order valence-electron chi connectivity index (χ1n) is 13.5. The van der Waals surface area contributed by atoms with E-state index < -0.39 is 63.7 Å². The lowest BCUT2D eigenvalue weighted by molar-refractivity contribution is -0.118. The Bertz CT molecular complexity index is 1930. The Hall–Kier alpha value is -4.65. The number of rotatable bonds is 10. The third-order valence-electron chi connectivity index (χ3n) is 6.95. The monoisotopic (exact) mass is 672 g/mol.